The quantitative estimate of drug-likeness (QED) is 0.868. The zero-order valence-electron chi connectivity index (χ0n) is 14.4. The summed E-state index contributed by atoms with van der Waals surface area (Å²) in [6, 6.07) is 8.80. The molecule has 1 amide bonds. The molecule has 1 aromatic carbocycles. The van der Waals surface area contributed by atoms with Crippen molar-refractivity contribution in [3.8, 4) is 0 Å². The molecule has 5 nitrogen and oxygen atoms in total. The summed E-state index contributed by atoms with van der Waals surface area (Å²) in [6.07, 6.45) is 3.09. The van der Waals surface area contributed by atoms with Crippen LogP contribution in [0.4, 0.5) is 5.69 Å². The zero-order valence-corrected chi connectivity index (χ0v) is 16.0. The molecular formula is C18H22N2O3S2. The van der Waals surface area contributed by atoms with Gasteiger partial charge in [0, 0.05) is 29.4 Å². The highest BCUT2D eigenvalue weighted by molar-refractivity contribution is 7.90. The van der Waals surface area contributed by atoms with Crippen molar-refractivity contribution in [2.75, 3.05) is 24.7 Å². The van der Waals surface area contributed by atoms with Crippen molar-refractivity contribution >= 4 is 32.8 Å². The predicted molar refractivity (Wildman–Crippen MR) is 101 cm³/mol. The fraction of sp³-hybridized carbons (Fsp3) is 0.389. The van der Waals surface area contributed by atoms with Gasteiger partial charge in [-0.25, -0.2) is 8.42 Å². The summed E-state index contributed by atoms with van der Waals surface area (Å²) in [5.41, 5.74) is 1.85. The standard InChI is InChI=1S/C18H22N2O3S2/c1-3-16-15-8-10-24-17(15)7-9-20(16)12-18(21)19-13-5-4-6-14(11-13)25(2,22)23/h4-6,8,10-11,16H,3,7,9,12H2,1-2H3,(H,19,21). The van der Waals surface area contributed by atoms with Gasteiger partial charge < -0.3 is 5.32 Å². The van der Waals surface area contributed by atoms with Crippen LogP contribution in [0.25, 0.3) is 0 Å². The molecular weight excluding hydrogens is 356 g/mol. The molecule has 7 heteroatoms. The second-order valence-corrected chi connectivity index (χ2v) is 9.31. The topological polar surface area (TPSA) is 66.5 Å². The Kier molecular flexibility index (Phi) is 5.27. The molecule has 1 N–H and O–H groups in total. The normalized spacial score (nSPS) is 17.9. The average molecular weight is 379 g/mol. The van der Waals surface area contributed by atoms with Crippen LogP contribution in [0, 0.1) is 0 Å². The molecule has 1 aliphatic rings. The molecule has 134 valence electrons. The van der Waals surface area contributed by atoms with Crippen LogP contribution in [0.3, 0.4) is 0 Å². The molecule has 0 saturated carbocycles. The monoisotopic (exact) mass is 378 g/mol. The summed E-state index contributed by atoms with van der Waals surface area (Å²) < 4.78 is 23.3. The van der Waals surface area contributed by atoms with Gasteiger partial charge in [-0.05, 0) is 48.1 Å². The van der Waals surface area contributed by atoms with Gasteiger partial charge in [-0.3, -0.25) is 9.69 Å². The lowest BCUT2D eigenvalue weighted by atomic mass is 9.98. The zero-order chi connectivity index (χ0) is 18.0. The van der Waals surface area contributed by atoms with Gasteiger partial charge >= 0.3 is 0 Å². The third-order valence-corrected chi connectivity index (χ3v) is 6.59. The predicted octanol–water partition coefficient (Wildman–Crippen LogP) is 3.10. The maximum absolute atomic E-state index is 12.5. The van der Waals surface area contributed by atoms with E-state index in [0.29, 0.717) is 12.2 Å². The Balaban J connectivity index is 1.69. The van der Waals surface area contributed by atoms with Crippen LogP contribution < -0.4 is 5.32 Å². The van der Waals surface area contributed by atoms with E-state index >= 15 is 0 Å². The van der Waals surface area contributed by atoms with Crippen molar-refractivity contribution in [3.63, 3.8) is 0 Å². The molecule has 2 aromatic rings. The third-order valence-electron chi connectivity index (χ3n) is 4.49. The molecule has 0 radical (unpaired) electrons. The number of benzene rings is 1. The fourth-order valence-corrected chi connectivity index (χ4v) is 4.90. The van der Waals surface area contributed by atoms with E-state index in [1.54, 1.807) is 23.5 Å². The average Bonchev–Trinajstić information content (AvgIpc) is 3.02. The van der Waals surface area contributed by atoms with Gasteiger partial charge in [0.05, 0.1) is 11.4 Å². The lowest BCUT2D eigenvalue weighted by Gasteiger charge is -2.34. The van der Waals surface area contributed by atoms with E-state index < -0.39 is 9.84 Å². The van der Waals surface area contributed by atoms with Crippen molar-refractivity contribution in [1.82, 2.24) is 4.90 Å². The summed E-state index contributed by atoms with van der Waals surface area (Å²) >= 11 is 1.79. The summed E-state index contributed by atoms with van der Waals surface area (Å²) in [6.45, 7) is 3.30. The van der Waals surface area contributed by atoms with Crippen LogP contribution in [0.1, 0.15) is 29.8 Å². The van der Waals surface area contributed by atoms with Crippen LogP contribution in [0.5, 0.6) is 0 Å². The van der Waals surface area contributed by atoms with Gasteiger partial charge in [0.25, 0.3) is 0 Å². The highest BCUT2D eigenvalue weighted by Crippen LogP contribution is 2.34. The summed E-state index contributed by atoms with van der Waals surface area (Å²) in [4.78, 5) is 16.3. The van der Waals surface area contributed by atoms with Crippen LogP contribution in [-0.4, -0.2) is 38.6 Å². The first kappa shape index (κ1) is 18.1. The molecule has 0 spiro atoms. The first-order valence-electron chi connectivity index (χ1n) is 8.28. The Morgan fingerprint density at radius 2 is 2.16 bits per heavy atom. The second-order valence-electron chi connectivity index (χ2n) is 6.29. The van der Waals surface area contributed by atoms with Crippen molar-refractivity contribution < 1.29 is 13.2 Å². The van der Waals surface area contributed by atoms with E-state index in [1.165, 1.54) is 22.6 Å². The van der Waals surface area contributed by atoms with Crippen LogP contribution in [0.2, 0.25) is 0 Å². The second kappa shape index (κ2) is 7.27. The molecule has 1 aromatic heterocycles. The van der Waals surface area contributed by atoms with Crippen LogP contribution >= 0.6 is 11.3 Å². The molecule has 0 saturated heterocycles. The number of nitrogens with zero attached hydrogens (tertiary/aromatic N) is 1. The van der Waals surface area contributed by atoms with E-state index in [-0.39, 0.29) is 16.8 Å². The van der Waals surface area contributed by atoms with Gasteiger partial charge in [0.1, 0.15) is 0 Å². The number of nitrogens with one attached hydrogen (secondary N) is 1. The molecule has 25 heavy (non-hydrogen) atoms. The lowest BCUT2D eigenvalue weighted by Crippen LogP contribution is -2.40. The number of rotatable bonds is 5. The number of hydrogen-bond acceptors (Lipinski definition) is 5. The number of thiophene rings is 1. The molecule has 0 aliphatic carbocycles. The Morgan fingerprint density at radius 1 is 1.36 bits per heavy atom. The number of fused-ring (bicyclic) bond motifs is 1. The fourth-order valence-electron chi connectivity index (χ4n) is 3.31. The summed E-state index contributed by atoms with van der Waals surface area (Å²) in [5.74, 6) is -0.122. The van der Waals surface area contributed by atoms with E-state index in [1.807, 2.05) is 0 Å². The smallest absolute Gasteiger partial charge is 0.238 e. The van der Waals surface area contributed by atoms with Crippen LogP contribution in [0.15, 0.2) is 40.6 Å². The van der Waals surface area contributed by atoms with Gasteiger partial charge in [0.15, 0.2) is 9.84 Å². The third kappa shape index (κ3) is 4.11. The van der Waals surface area contributed by atoms with Crippen molar-refractivity contribution in [1.29, 1.82) is 0 Å². The van der Waals surface area contributed by atoms with Crippen LogP contribution in [-0.2, 0) is 21.1 Å². The molecule has 1 atom stereocenters. The number of amides is 1. The van der Waals surface area contributed by atoms with E-state index in [4.69, 9.17) is 0 Å². The molecule has 1 unspecified atom stereocenters. The minimum Gasteiger partial charge on any atom is -0.325 e. The highest BCUT2D eigenvalue weighted by Gasteiger charge is 2.28. The molecule has 3 rings (SSSR count). The number of anilines is 1. The maximum atomic E-state index is 12.5. The Morgan fingerprint density at radius 3 is 2.88 bits per heavy atom. The van der Waals surface area contributed by atoms with Gasteiger partial charge in [-0.1, -0.05) is 13.0 Å². The summed E-state index contributed by atoms with van der Waals surface area (Å²) in [7, 11) is -3.29. The Bertz CT molecular complexity index is 874. The molecule has 0 bridgehead atoms. The molecule has 2 heterocycles. The van der Waals surface area contributed by atoms with E-state index in [2.05, 4.69) is 28.6 Å². The number of carbonyl (C=O) groups is 1. The number of sulfone groups is 1. The number of hydrogen-bond donors (Lipinski definition) is 1. The lowest BCUT2D eigenvalue weighted by molar-refractivity contribution is -0.118. The Hall–Kier alpha value is -1.70. The Labute approximate surface area is 152 Å². The highest BCUT2D eigenvalue weighted by atomic mass is 32.2. The first-order chi connectivity index (χ1) is 11.9. The van der Waals surface area contributed by atoms with Crippen molar-refractivity contribution in [2.45, 2.75) is 30.7 Å². The van der Waals surface area contributed by atoms with Gasteiger partial charge in [-0.2, -0.15) is 0 Å². The van der Waals surface area contributed by atoms with Crippen molar-refractivity contribution in [2.24, 2.45) is 0 Å². The minimum atomic E-state index is -3.29. The minimum absolute atomic E-state index is 0.122. The maximum Gasteiger partial charge on any atom is 0.238 e. The van der Waals surface area contributed by atoms with Crippen molar-refractivity contribution in [3.05, 3.63) is 46.2 Å². The largest absolute Gasteiger partial charge is 0.325 e. The van der Waals surface area contributed by atoms with Gasteiger partial charge in [-0.15, -0.1) is 11.3 Å². The number of carbonyl (C=O) groups excluding carboxylic acids is 1. The molecule has 0 fully saturated rings. The van der Waals surface area contributed by atoms with E-state index in [0.717, 1.165) is 25.6 Å². The SMILES string of the molecule is CCC1c2ccsc2CCN1CC(=O)Nc1cccc(S(C)(=O)=O)c1. The van der Waals surface area contributed by atoms with Gasteiger partial charge in [0.2, 0.25) is 5.91 Å². The first-order valence-corrected chi connectivity index (χ1v) is 11.1. The molecule has 1 aliphatic heterocycles. The summed E-state index contributed by atoms with van der Waals surface area (Å²) in [5, 5.41) is 4.94. The van der Waals surface area contributed by atoms with E-state index in [9.17, 15) is 13.2 Å².